The molecule has 0 aliphatic carbocycles. The van der Waals surface area contributed by atoms with Gasteiger partial charge in [0.05, 0.1) is 18.2 Å². The van der Waals surface area contributed by atoms with Gasteiger partial charge in [0, 0.05) is 18.3 Å². The van der Waals surface area contributed by atoms with Crippen molar-refractivity contribution in [3.05, 3.63) is 59.9 Å². The number of Topliss-reactive ketones (excluding diaryl/α,β-unsaturated/α-hetero) is 2. The lowest BCUT2D eigenvalue weighted by Crippen LogP contribution is -2.16. The number of carbonyl (C=O) groups is 2. The van der Waals surface area contributed by atoms with Crippen molar-refractivity contribution in [1.82, 2.24) is 4.57 Å². The molecule has 2 aromatic rings. The number of benzene rings is 1. The van der Waals surface area contributed by atoms with E-state index in [-0.39, 0.29) is 12.1 Å². The molecule has 0 bridgehead atoms. The second kappa shape index (κ2) is 6.88. The quantitative estimate of drug-likeness (QED) is 0.488. The molecule has 1 aromatic carbocycles. The van der Waals surface area contributed by atoms with Crippen LogP contribution in [-0.4, -0.2) is 16.1 Å². The van der Waals surface area contributed by atoms with Crippen LogP contribution in [0.5, 0.6) is 0 Å². The highest BCUT2D eigenvalue weighted by atomic mass is 16.2. The van der Waals surface area contributed by atoms with Gasteiger partial charge in [-0.1, -0.05) is 24.1 Å². The first-order valence-electron chi connectivity index (χ1n) is 6.40. The Labute approximate surface area is 122 Å². The van der Waals surface area contributed by atoms with E-state index in [0.717, 1.165) is 0 Å². The summed E-state index contributed by atoms with van der Waals surface area (Å²) in [6.07, 6.45) is 1.95. The van der Waals surface area contributed by atoms with Crippen molar-refractivity contribution < 1.29 is 9.59 Å². The fraction of sp³-hybridized carbons (Fsp3) is 0.118. The Hall–Kier alpha value is -3.11. The average molecular weight is 276 g/mol. The van der Waals surface area contributed by atoms with Crippen molar-refractivity contribution in [2.45, 2.75) is 13.0 Å². The molecule has 0 atom stereocenters. The standard InChI is InChI=1S/C17H12N2O2/c18-11-5-13-19-12-4-8-15(19)17(21)16(20)10-9-14-6-2-1-3-7-14/h1-4,6-8,12H,5,13H2. The summed E-state index contributed by atoms with van der Waals surface area (Å²) < 4.78 is 1.59. The number of nitriles is 1. The van der Waals surface area contributed by atoms with E-state index in [2.05, 4.69) is 11.8 Å². The van der Waals surface area contributed by atoms with Gasteiger partial charge in [-0.25, -0.2) is 0 Å². The minimum atomic E-state index is -0.754. The van der Waals surface area contributed by atoms with Crippen LogP contribution in [0.3, 0.4) is 0 Å². The molecule has 0 amide bonds. The molecule has 21 heavy (non-hydrogen) atoms. The van der Waals surface area contributed by atoms with Crippen LogP contribution >= 0.6 is 0 Å². The molecule has 0 saturated heterocycles. The van der Waals surface area contributed by atoms with Crippen LogP contribution < -0.4 is 0 Å². The fourth-order valence-corrected chi connectivity index (χ4v) is 1.81. The summed E-state index contributed by atoms with van der Waals surface area (Å²) in [5.41, 5.74) is 0.941. The smallest absolute Gasteiger partial charge is 0.278 e. The molecule has 0 N–H and O–H groups in total. The predicted octanol–water partition coefficient (Wildman–Crippen LogP) is 2.21. The summed E-state index contributed by atoms with van der Waals surface area (Å²) >= 11 is 0. The largest absolute Gasteiger partial charge is 0.344 e. The Bertz CT molecular complexity index is 755. The monoisotopic (exact) mass is 276 g/mol. The van der Waals surface area contributed by atoms with Crippen LogP contribution in [0, 0.1) is 23.2 Å². The Balaban J connectivity index is 2.14. The van der Waals surface area contributed by atoms with Crippen molar-refractivity contribution in [2.75, 3.05) is 0 Å². The first-order chi connectivity index (χ1) is 10.2. The molecular formula is C17H12N2O2. The van der Waals surface area contributed by atoms with Crippen molar-refractivity contribution in [1.29, 1.82) is 5.26 Å². The molecule has 102 valence electrons. The molecule has 1 heterocycles. The van der Waals surface area contributed by atoms with Crippen LogP contribution in [-0.2, 0) is 11.3 Å². The molecule has 0 saturated carbocycles. The van der Waals surface area contributed by atoms with Crippen molar-refractivity contribution in [3.8, 4) is 17.9 Å². The maximum absolute atomic E-state index is 12.1. The second-order valence-corrected chi connectivity index (χ2v) is 4.27. The average Bonchev–Trinajstić information content (AvgIpc) is 2.99. The lowest BCUT2D eigenvalue weighted by atomic mass is 10.1. The summed E-state index contributed by atoms with van der Waals surface area (Å²) in [6, 6.07) is 14.2. The first-order valence-corrected chi connectivity index (χ1v) is 6.40. The maximum Gasteiger partial charge on any atom is 0.278 e. The minimum absolute atomic E-state index is 0.262. The second-order valence-electron chi connectivity index (χ2n) is 4.27. The molecule has 2 rings (SSSR count). The Morgan fingerprint density at radius 3 is 2.57 bits per heavy atom. The third-order valence-corrected chi connectivity index (χ3v) is 2.83. The van der Waals surface area contributed by atoms with Crippen LogP contribution in [0.15, 0.2) is 48.7 Å². The van der Waals surface area contributed by atoms with Gasteiger partial charge in [0.2, 0.25) is 0 Å². The van der Waals surface area contributed by atoms with Crippen LogP contribution in [0.2, 0.25) is 0 Å². The van der Waals surface area contributed by atoms with Crippen molar-refractivity contribution in [3.63, 3.8) is 0 Å². The van der Waals surface area contributed by atoms with Gasteiger partial charge in [0.25, 0.3) is 11.6 Å². The van der Waals surface area contributed by atoms with Gasteiger partial charge in [-0.05, 0) is 30.2 Å². The molecular weight excluding hydrogens is 264 g/mol. The van der Waals surface area contributed by atoms with Crippen LogP contribution in [0.4, 0.5) is 0 Å². The van der Waals surface area contributed by atoms with Gasteiger partial charge in [-0.15, -0.1) is 0 Å². The zero-order valence-electron chi connectivity index (χ0n) is 11.2. The number of rotatable bonds is 4. The highest BCUT2D eigenvalue weighted by molar-refractivity contribution is 6.49. The van der Waals surface area contributed by atoms with Crippen LogP contribution in [0.25, 0.3) is 0 Å². The first kappa shape index (κ1) is 14.3. The summed E-state index contributed by atoms with van der Waals surface area (Å²) in [5.74, 6) is 3.62. The molecule has 0 radical (unpaired) electrons. The van der Waals surface area contributed by atoms with Crippen molar-refractivity contribution >= 4 is 11.6 Å². The SMILES string of the molecule is N#CCCn1cccc1C(=O)C(=O)C#Cc1ccccc1. The topological polar surface area (TPSA) is 62.9 Å². The van der Waals surface area contributed by atoms with E-state index < -0.39 is 11.6 Å². The van der Waals surface area contributed by atoms with Gasteiger partial charge in [-0.2, -0.15) is 5.26 Å². The molecule has 4 heteroatoms. The molecule has 4 nitrogen and oxygen atoms in total. The lowest BCUT2D eigenvalue weighted by Gasteiger charge is -2.03. The zero-order valence-corrected chi connectivity index (χ0v) is 11.2. The number of aromatic nitrogens is 1. The maximum atomic E-state index is 12.1. The number of ketones is 2. The Morgan fingerprint density at radius 1 is 1.10 bits per heavy atom. The van der Waals surface area contributed by atoms with E-state index in [9.17, 15) is 9.59 Å². The Morgan fingerprint density at radius 2 is 1.86 bits per heavy atom. The fourth-order valence-electron chi connectivity index (χ4n) is 1.81. The van der Waals surface area contributed by atoms with E-state index in [0.29, 0.717) is 12.1 Å². The highest BCUT2D eigenvalue weighted by Crippen LogP contribution is 2.05. The third kappa shape index (κ3) is 3.68. The number of nitrogens with zero attached hydrogens (tertiary/aromatic N) is 2. The molecule has 1 aromatic heterocycles. The number of hydrogen-bond donors (Lipinski definition) is 0. The molecule has 0 aliphatic rings. The van der Waals surface area contributed by atoms with Crippen molar-refractivity contribution in [2.24, 2.45) is 0 Å². The highest BCUT2D eigenvalue weighted by Gasteiger charge is 2.17. The van der Waals surface area contributed by atoms with E-state index in [1.165, 1.54) is 0 Å². The van der Waals surface area contributed by atoms with E-state index in [1.807, 2.05) is 24.3 Å². The normalized spacial score (nSPS) is 9.29. The molecule has 0 unspecified atom stereocenters. The Kier molecular flexibility index (Phi) is 4.69. The summed E-state index contributed by atoms with van der Waals surface area (Å²) in [4.78, 5) is 23.9. The zero-order chi connectivity index (χ0) is 15.1. The van der Waals surface area contributed by atoms with Gasteiger partial charge in [0.1, 0.15) is 0 Å². The number of hydrogen-bond acceptors (Lipinski definition) is 3. The van der Waals surface area contributed by atoms with Crippen LogP contribution in [0.1, 0.15) is 22.5 Å². The van der Waals surface area contributed by atoms with Gasteiger partial charge >= 0.3 is 0 Å². The van der Waals surface area contributed by atoms with E-state index >= 15 is 0 Å². The summed E-state index contributed by atoms with van der Waals surface area (Å²) in [5, 5.41) is 8.58. The van der Waals surface area contributed by atoms with Gasteiger partial charge in [-0.3, -0.25) is 9.59 Å². The lowest BCUT2D eigenvalue weighted by molar-refractivity contribution is -0.110. The predicted molar refractivity (Wildman–Crippen MR) is 77.3 cm³/mol. The van der Waals surface area contributed by atoms with Gasteiger partial charge in [0.15, 0.2) is 0 Å². The third-order valence-electron chi connectivity index (χ3n) is 2.83. The number of aryl methyl sites for hydroxylation is 1. The summed E-state index contributed by atoms with van der Waals surface area (Å²) in [7, 11) is 0. The minimum Gasteiger partial charge on any atom is -0.344 e. The number of carbonyl (C=O) groups excluding carboxylic acids is 2. The summed E-state index contributed by atoms with van der Waals surface area (Å²) in [6.45, 7) is 0.379. The van der Waals surface area contributed by atoms with E-state index in [4.69, 9.17) is 5.26 Å². The molecule has 0 spiro atoms. The van der Waals surface area contributed by atoms with Gasteiger partial charge < -0.3 is 4.57 Å². The van der Waals surface area contributed by atoms with E-state index in [1.54, 1.807) is 35.0 Å². The molecule has 0 aliphatic heterocycles. The molecule has 0 fully saturated rings.